The molecule has 1 aliphatic heterocycles. The average Bonchev–Trinajstić information content (AvgIpc) is 3.52. The Morgan fingerprint density at radius 1 is 1.03 bits per heavy atom. The highest BCUT2D eigenvalue weighted by molar-refractivity contribution is 7.90. The van der Waals surface area contributed by atoms with Gasteiger partial charge in [0.05, 0.1) is 23.6 Å². The van der Waals surface area contributed by atoms with E-state index in [9.17, 15) is 13.2 Å². The Morgan fingerprint density at radius 2 is 1.76 bits per heavy atom. The van der Waals surface area contributed by atoms with Crippen molar-refractivity contribution in [3.8, 4) is 17.0 Å². The van der Waals surface area contributed by atoms with Crippen LogP contribution in [0.5, 0.6) is 5.75 Å². The number of amides is 1. The van der Waals surface area contributed by atoms with E-state index < -0.39 is 15.9 Å². The van der Waals surface area contributed by atoms with E-state index in [2.05, 4.69) is 33.4 Å². The largest absolute Gasteiger partial charge is 0.489 e. The maximum absolute atomic E-state index is 13.4. The van der Waals surface area contributed by atoms with Crippen LogP contribution in [0.15, 0.2) is 53.8 Å². The molecule has 0 unspecified atom stereocenters. The molecular formula is C27H32N6O4S. The zero-order valence-electron chi connectivity index (χ0n) is 21.5. The summed E-state index contributed by atoms with van der Waals surface area (Å²) in [5.41, 5.74) is 7.18. The molecule has 2 aliphatic rings. The van der Waals surface area contributed by atoms with Gasteiger partial charge in [-0.3, -0.25) is 9.78 Å². The maximum atomic E-state index is 13.4. The molecule has 3 aromatic rings. The molecule has 0 aromatic carbocycles. The number of nitrogens with zero attached hydrogens (tertiary/aromatic N) is 4. The summed E-state index contributed by atoms with van der Waals surface area (Å²) in [5.74, 6) is 0.365. The number of sulfonamides is 1. The van der Waals surface area contributed by atoms with Gasteiger partial charge in [-0.1, -0.05) is 6.07 Å². The number of carbonyl (C=O) groups is 1. The second-order valence-corrected chi connectivity index (χ2v) is 11.6. The Kier molecular flexibility index (Phi) is 7.20. The van der Waals surface area contributed by atoms with Crippen LogP contribution in [-0.4, -0.2) is 47.5 Å². The van der Waals surface area contributed by atoms with Gasteiger partial charge < -0.3 is 15.4 Å². The van der Waals surface area contributed by atoms with Gasteiger partial charge in [-0.15, -0.1) is 0 Å². The van der Waals surface area contributed by atoms with E-state index in [4.69, 9.17) is 15.5 Å². The first-order valence-corrected chi connectivity index (χ1v) is 14.4. The Morgan fingerprint density at radius 3 is 2.47 bits per heavy atom. The van der Waals surface area contributed by atoms with Crippen LogP contribution in [0.25, 0.3) is 11.3 Å². The number of pyridine rings is 3. The van der Waals surface area contributed by atoms with Crippen LogP contribution >= 0.6 is 0 Å². The summed E-state index contributed by atoms with van der Waals surface area (Å²) in [5, 5.41) is -0.329. The molecule has 2 fully saturated rings. The first-order chi connectivity index (χ1) is 18.2. The van der Waals surface area contributed by atoms with Gasteiger partial charge in [0.15, 0.2) is 5.03 Å². The van der Waals surface area contributed by atoms with Crippen molar-refractivity contribution >= 4 is 27.6 Å². The van der Waals surface area contributed by atoms with Crippen LogP contribution in [-0.2, 0) is 10.0 Å². The van der Waals surface area contributed by atoms with E-state index in [0.717, 1.165) is 31.2 Å². The van der Waals surface area contributed by atoms with E-state index in [1.54, 1.807) is 24.5 Å². The van der Waals surface area contributed by atoms with Crippen LogP contribution in [0.4, 0.5) is 11.6 Å². The highest BCUT2D eigenvalue weighted by Crippen LogP contribution is 2.34. The third-order valence-electron chi connectivity index (χ3n) is 7.18. The van der Waals surface area contributed by atoms with Crippen molar-refractivity contribution in [2.24, 2.45) is 0 Å². The minimum Gasteiger partial charge on any atom is -0.489 e. The Hall–Kier alpha value is -3.73. The highest BCUT2D eigenvalue weighted by atomic mass is 32.2. The van der Waals surface area contributed by atoms with Gasteiger partial charge in [0.25, 0.3) is 15.9 Å². The molecule has 1 saturated carbocycles. The zero-order chi connectivity index (χ0) is 26.9. The number of nitrogens with one attached hydrogen (secondary N) is 1. The summed E-state index contributed by atoms with van der Waals surface area (Å²) < 4.78 is 34.0. The molecule has 38 heavy (non-hydrogen) atoms. The lowest BCUT2D eigenvalue weighted by Crippen LogP contribution is -2.37. The van der Waals surface area contributed by atoms with Gasteiger partial charge in [0.2, 0.25) is 0 Å². The van der Waals surface area contributed by atoms with Crippen LogP contribution in [0.2, 0.25) is 0 Å². The van der Waals surface area contributed by atoms with E-state index in [0.29, 0.717) is 17.3 Å². The third-order valence-corrected chi connectivity index (χ3v) is 8.41. The van der Waals surface area contributed by atoms with E-state index in [-0.39, 0.29) is 34.6 Å². The highest BCUT2D eigenvalue weighted by Gasteiger charge is 2.33. The van der Waals surface area contributed by atoms with Crippen molar-refractivity contribution in [2.45, 2.75) is 75.6 Å². The van der Waals surface area contributed by atoms with E-state index in [1.165, 1.54) is 31.0 Å². The number of ether oxygens (including phenoxy) is 1. The Labute approximate surface area is 222 Å². The number of hydrogen-bond donors (Lipinski definition) is 2. The molecule has 11 heteroatoms. The molecule has 1 aliphatic carbocycles. The van der Waals surface area contributed by atoms with Crippen LogP contribution in [0.3, 0.4) is 0 Å². The van der Waals surface area contributed by atoms with Gasteiger partial charge in [-0.05, 0) is 82.7 Å². The quantitative estimate of drug-likeness (QED) is 0.459. The summed E-state index contributed by atoms with van der Waals surface area (Å²) >= 11 is 0. The van der Waals surface area contributed by atoms with E-state index in [1.807, 2.05) is 6.07 Å². The molecule has 1 saturated heterocycles. The molecular weight excluding hydrogens is 504 g/mol. The van der Waals surface area contributed by atoms with Gasteiger partial charge >= 0.3 is 0 Å². The summed E-state index contributed by atoms with van der Waals surface area (Å²) in [6, 6.07) is 9.69. The fourth-order valence-electron chi connectivity index (χ4n) is 5.23. The van der Waals surface area contributed by atoms with Crippen molar-refractivity contribution in [3.63, 3.8) is 0 Å². The van der Waals surface area contributed by atoms with Crippen molar-refractivity contribution in [3.05, 3.63) is 54.4 Å². The van der Waals surface area contributed by atoms with Gasteiger partial charge in [0, 0.05) is 23.8 Å². The molecule has 3 aromatic heterocycles. The summed E-state index contributed by atoms with van der Waals surface area (Å²) in [6.45, 7) is 4.15. The monoisotopic (exact) mass is 536 g/mol. The van der Waals surface area contributed by atoms with Crippen molar-refractivity contribution < 1.29 is 17.9 Å². The molecule has 0 spiro atoms. The molecule has 1 amide bonds. The first-order valence-electron chi connectivity index (χ1n) is 12.9. The number of rotatable bonds is 7. The lowest BCUT2D eigenvalue weighted by atomic mass is 10.1. The predicted octanol–water partition coefficient (Wildman–Crippen LogP) is 3.94. The molecule has 10 nitrogen and oxygen atoms in total. The van der Waals surface area contributed by atoms with Gasteiger partial charge in [-0.2, -0.15) is 8.42 Å². The standard InChI is InChI=1S/C27H32N6O4S/c1-17-10-11-18(2)33(17)26-22(27(34)32-38(35,36)25-9-5-8-24(28)31-25)12-13-23(30-26)19-14-21(16-29-15-19)37-20-6-3-4-7-20/h5,8-9,12-18,20H,3-4,6-7,10-11H2,1-2H3,(H2,28,31)(H,32,34)/t17-,18+. The fraction of sp³-hybridized carbons (Fsp3) is 0.407. The second-order valence-electron chi connectivity index (χ2n) is 10.0. The van der Waals surface area contributed by atoms with Crippen LogP contribution in [0.1, 0.15) is 62.7 Å². The molecule has 0 radical (unpaired) electrons. The summed E-state index contributed by atoms with van der Waals surface area (Å²) in [6.07, 6.45) is 9.89. The van der Waals surface area contributed by atoms with Crippen molar-refractivity contribution in [2.75, 3.05) is 10.6 Å². The summed E-state index contributed by atoms with van der Waals surface area (Å²) in [4.78, 5) is 28.5. The number of hydrogen-bond acceptors (Lipinski definition) is 9. The van der Waals surface area contributed by atoms with E-state index >= 15 is 0 Å². The van der Waals surface area contributed by atoms with Crippen molar-refractivity contribution in [1.29, 1.82) is 0 Å². The topological polar surface area (TPSA) is 140 Å². The summed E-state index contributed by atoms with van der Waals surface area (Å²) in [7, 11) is -4.24. The number of anilines is 2. The predicted molar refractivity (Wildman–Crippen MR) is 144 cm³/mol. The molecule has 4 heterocycles. The molecule has 200 valence electrons. The zero-order valence-corrected chi connectivity index (χ0v) is 22.3. The number of nitrogens with two attached hydrogens (primary N) is 1. The molecule has 0 bridgehead atoms. The minimum atomic E-state index is -4.24. The minimum absolute atomic E-state index is 0.0412. The van der Waals surface area contributed by atoms with Crippen molar-refractivity contribution in [1.82, 2.24) is 19.7 Å². The lowest BCUT2D eigenvalue weighted by Gasteiger charge is -2.29. The first kappa shape index (κ1) is 25.9. The van der Waals surface area contributed by atoms with Gasteiger partial charge in [0.1, 0.15) is 17.4 Å². The molecule has 2 atom stereocenters. The second kappa shape index (κ2) is 10.6. The number of nitrogen functional groups attached to an aromatic ring is 1. The maximum Gasteiger partial charge on any atom is 0.281 e. The smallest absolute Gasteiger partial charge is 0.281 e. The molecule has 5 rings (SSSR count). The SMILES string of the molecule is C[C@@H]1CC[C@H](C)N1c1nc(-c2cncc(OC3CCCC3)c2)ccc1C(=O)NS(=O)(=O)c1cccc(N)n1. The Balaban J connectivity index is 1.49. The molecule has 3 N–H and O–H groups in total. The fourth-order valence-corrected chi connectivity index (χ4v) is 6.17. The average molecular weight is 537 g/mol. The van der Waals surface area contributed by atoms with Crippen LogP contribution in [0, 0.1) is 0 Å². The Bertz CT molecular complexity index is 1430. The number of carbonyl (C=O) groups excluding carboxylic acids is 1. The number of aromatic nitrogens is 3. The van der Waals surface area contributed by atoms with Gasteiger partial charge in [-0.25, -0.2) is 14.7 Å². The lowest BCUT2D eigenvalue weighted by molar-refractivity contribution is 0.0981. The normalized spacial score (nSPS) is 20.0. The van der Waals surface area contributed by atoms with Crippen LogP contribution < -0.4 is 20.1 Å². The third kappa shape index (κ3) is 5.42.